The first-order valence-electron chi connectivity index (χ1n) is 7.18. The van der Waals surface area contributed by atoms with Crippen LogP contribution >= 0.6 is 0 Å². The highest BCUT2D eigenvalue weighted by Crippen LogP contribution is 2.12. The highest BCUT2D eigenvalue weighted by Gasteiger charge is 2.12. The number of nitrogens with one attached hydrogen (secondary N) is 1. The molecule has 0 aliphatic carbocycles. The van der Waals surface area contributed by atoms with Crippen molar-refractivity contribution in [3.8, 4) is 11.8 Å². The fourth-order valence-electron chi connectivity index (χ4n) is 2.13. The van der Waals surface area contributed by atoms with Crippen LogP contribution < -0.4 is 5.32 Å². The van der Waals surface area contributed by atoms with E-state index < -0.39 is 0 Å². The third-order valence-electron chi connectivity index (χ3n) is 3.39. The summed E-state index contributed by atoms with van der Waals surface area (Å²) >= 11 is 0. The van der Waals surface area contributed by atoms with Crippen LogP contribution in [0.4, 0.5) is 0 Å². The Kier molecular flexibility index (Phi) is 5.95. The molecule has 1 saturated heterocycles. The summed E-state index contributed by atoms with van der Waals surface area (Å²) in [7, 11) is 0. The molecule has 22 heavy (non-hydrogen) atoms. The van der Waals surface area contributed by atoms with Gasteiger partial charge in [-0.05, 0) is 23.8 Å². The van der Waals surface area contributed by atoms with Crippen molar-refractivity contribution in [1.82, 2.24) is 10.2 Å². The molecule has 1 aliphatic heterocycles. The maximum atomic E-state index is 12.0. The van der Waals surface area contributed by atoms with E-state index in [-0.39, 0.29) is 17.2 Å². The van der Waals surface area contributed by atoms with Gasteiger partial charge < -0.3 is 15.2 Å². The molecule has 1 amide bonds. The van der Waals surface area contributed by atoms with Crippen LogP contribution in [0.3, 0.4) is 0 Å². The first-order valence-corrected chi connectivity index (χ1v) is 7.18. The van der Waals surface area contributed by atoms with E-state index in [9.17, 15) is 9.90 Å². The van der Waals surface area contributed by atoms with E-state index >= 15 is 0 Å². The Hall–Kier alpha value is -2.36. The zero-order valence-electron chi connectivity index (χ0n) is 12.3. The third-order valence-corrected chi connectivity index (χ3v) is 3.39. The molecule has 6 heteroatoms. The van der Waals surface area contributed by atoms with Crippen molar-refractivity contribution in [3.05, 3.63) is 35.4 Å². The van der Waals surface area contributed by atoms with Gasteiger partial charge in [-0.15, -0.1) is 0 Å². The van der Waals surface area contributed by atoms with E-state index in [2.05, 4.69) is 10.2 Å². The topological polar surface area (TPSA) is 85.6 Å². The molecular formula is C16H19N3O3. The number of hydrogen-bond acceptors (Lipinski definition) is 5. The Morgan fingerprint density at radius 2 is 2.05 bits per heavy atom. The molecule has 0 atom stereocenters. The number of amides is 1. The molecule has 0 saturated carbocycles. The number of phenols is 1. The largest absolute Gasteiger partial charge is 0.508 e. The van der Waals surface area contributed by atoms with Crippen molar-refractivity contribution in [1.29, 1.82) is 5.26 Å². The number of morpholine rings is 1. The molecule has 2 N–H and O–H groups in total. The van der Waals surface area contributed by atoms with Gasteiger partial charge in [0.1, 0.15) is 17.4 Å². The summed E-state index contributed by atoms with van der Waals surface area (Å²) in [4.78, 5) is 14.2. The number of benzene rings is 1. The minimum Gasteiger partial charge on any atom is -0.508 e. The Labute approximate surface area is 129 Å². The number of carbonyl (C=O) groups excluding carboxylic acids is 1. The summed E-state index contributed by atoms with van der Waals surface area (Å²) in [6.07, 6.45) is 1.50. The van der Waals surface area contributed by atoms with Gasteiger partial charge in [0, 0.05) is 26.2 Å². The van der Waals surface area contributed by atoms with Crippen LogP contribution in [0, 0.1) is 11.3 Å². The van der Waals surface area contributed by atoms with Crippen LogP contribution in [0.5, 0.6) is 5.75 Å². The van der Waals surface area contributed by atoms with Crippen LogP contribution in [0.15, 0.2) is 29.8 Å². The SMILES string of the molecule is N#C/C(=C/c1ccc(O)cc1)C(=O)NCCN1CCOCC1. The van der Waals surface area contributed by atoms with Crippen molar-refractivity contribution in [3.63, 3.8) is 0 Å². The van der Waals surface area contributed by atoms with E-state index in [0.717, 1.165) is 32.8 Å². The van der Waals surface area contributed by atoms with E-state index in [0.29, 0.717) is 12.1 Å². The fraction of sp³-hybridized carbons (Fsp3) is 0.375. The van der Waals surface area contributed by atoms with Gasteiger partial charge >= 0.3 is 0 Å². The molecule has 0 spiro atoms. The van der Waals surface area contributed by atoms with E-state index in [1.54, 1.807) is 12.1 Å². The number of carbonyl (C=O) groups is 1. The Morgan fingerprint density at radius 3 is 2.68 bits per heavy atom. The van der Waals surface area contributed by atoms with Crippen molar-refractivity contribution >= 4 is 12.0 Å². The Bertz CT molecular complexity index is 569. The molecular weight excluding hydrogens is 282 g/mol. The first-order chi connectivity index (χ1) is 10.7. The highest BCUT2D eigenvalue weighted by molar-refractivity contribution is 6.01. The van der Waals surface area contributed by atoms with Crippen molar-refractivity contribution in [2.75, 3.05) is 39.4 Å². The standard InChI is InChI=1S/C16H19N3O3/c17-12-14(11-13-1-3-15(20)4-2-13)16(21)18-5-6-19-7-9-22-10-8-19/h1-4,11,20H,5-10H2,(H,18,21)/b14-11-. The lowest BCUT2D eigenvalue weighted by Crippen LogP contribution is -2.41. The Balaban J connectivity index is 1.86. The number of nitrogens with zero attached hydrogens (tertiary/aromatic N) is 2. The van der Waals surface area contributed by atoms with Crippen LogP contribution in [0.1, 0.15) is 5.56 Å². The molecule has 1 aromatic rings. The van der Waals surface area contributed by atoms with Gasteiger partial charge in [0.05, 0.1) is 13.2 Å². The fourth-order valence-corrected chi connectivity index (χ4v) is 2.13. The van der Waals surface area contributed by atoms with Gasteiger partial charge in [-0.2, -0.15) is 5.26 Å². The van der Waals surface area contributed by atoms with Crippen molar-refractivity contribution in [2.24, 2.45) is 0 Å². The maximum Gasteiger partial charge on any atom is 0.261 e. The number of ether oxygens (including phenoxy) is 1. The smallest absolute Gasteiger partial charge is 0.261 e. The van der Waals surface area contributed by atoms with E-state index in [4.69, 9.17) is 10.00 Å². The number of nitriles is 1. The maximum absolute atomic E-state index is 12.0. The predicted octanol–water partition coefficient (Wildman–Crippen LogP) is 0.748. The van der Waals surface area contributed by atoms with Gasteiger partial charge in [-0.25, -0.2) is 0 Å². The monoisotopic (exact) mass is 301 g/mol. The molecule has 0 radical (unpaired) electrons. The summed E-state index contributed by atoms with van der Waals surface area (Å²) in [5.41, 5.74) is 0.741. The molecule has 0 unspecified atom stereocenters. The second-order valence-electron chi connectivity index (χ2n) is 4.97. The lowest BCUT2D eigenvalue weighted by Gasteiger charge is -2.26. The minimum atomic E-state index is -0.385. The van der Waals surface area contributed by atoms with Crippen LogP contribution in [0.2, 0.25) is 0 Å². The number of rotatable bonds is 5. The molecule has 1 heterocycles. The average Bonchev–Trinajstić information content (AvgIpc) is 2.55. The first kappa shape index (κ1) is 16.0. The average molecular weight is 301 g/mol. The molecule has 1 fully saturated rings. The summed E-state index contributed by atoms with van der Waals surface area (Å²) in [6, 6.07) is 8.22. The van der Waals surface area contributed by atoms with E-state index in [1.165, 1.54) is 18.2 Å². The second-order valence-corrected chi connectivity index (χ2v) is 4.97. The Morgan fingerprint density at radius 1 is 1.36 bits per heavy atom. The van der Waals surface area contributed by atoms with Gasteiger partial charge in [-0.1, -0.05) is 12.1 Å². The lowest BCUT2D eigenvalue weighted by atomic mass is 10.1. The van der Waals surface area contributed by atoms with Crippen LogP contribution in [-0.2, 0) is 9.53 Å². The van der Waals surface area contributed by atoms with E-state index in [1.807, 2.05) is 6.07 Å². The summed E-state index contributed by atoms with van der Waals surface area (Å²) in [6.45, 7) is 4.41. The van der Waals surface area contributed by atoms with Crippen LogP contribution in [0.25, 0.3) is 6.08 Å². The molecule has 2 rings (SSSR count). The lowest BCUT2D eigenvalue weighted by molar-refractivity contribution is -0.117. The van der Waals surface area contributed by atoms with Gasteiger partial charge in [-0.3, -0.25) is 9.69 Å². The van der Waals surface area contributed by atoms with Gasteiger partial charge in [0.2, 0.25) is 0 Å². The summed E-state index contributed by atoms with van der Waals surface area (Å²) < 4.78 is 5.26. The predicted molar refractivity (Wildman–Crippen MR) is 82.0 cm³/mol. The van der Waals surface area contributed by atoms with Crippen molar-refractivity contribution < 1.29 is 14.6 Å². The van der Waals surface area contributed by atoms with Crippen molar-refractivity contribution in [2.45, 2.75) is 0 Å². The normalized spacial score (nSPS) is 16.0. The van der Waals surface area contributed by atoms with Crippen LogP contribution in [-0.4, -0.2) is 55.3 Å². The number of phenolic OH excluding ortho intramolecular Hbond substituents is 1. The summed E-state index contributed by atoms with van der Waals surface area (Å²) in [5.74, 6) is -0.241. The molecule has 0 bridgehead atoms. The molecule has 0 aromatic heterocycles. The molecule has 116 valence electrons. The summed E-state index contributed by atoms with van der Waals surface area (Å²) in [5, 5.41) is 21.1. The van der Waals surface area contributed by atoms with Gasteiger partial charge in [0.25, 0.3) is 5.91 Å². The molecule has 1 aromatic carbocycles. The molecule has 6 nitrogen and oxygen atoms in total. The minimum absolute atomic E-state index is 0.0488. The zero-order valence-corrected chi connectivity index (χ0v) is 12.3. The van der Waals surface area contributed by atoms with Gasteiger partial charge in [0.15, 0.2) is 0 Å². The number of hydrogen-bond donors (Lipinski definition) is 2. The zero-order chi connectivity index (χ0) is 15.8. The second kappa shape index (κ2) is 8.17. The highest BCUT2D eigenvalue weighted by atomic mass is 16.5. The number of aromatic hydroxyl groups is 1. The quantitative estimate of drug-likeness (QED) is 0.619. The third kappa shape index (κ3) is 4.88. The molecule has 1 aliphatic rings.